The Hall–Kier alpha value is -1.75. The second kappa shape index (κ2) is 5.93. The summed E-state index contributed by atoms with van der Waals surface area (Å²) in [6.45, 7) is 4.08. The molecular formula is C14H16N2O2S. The van der Waals surface area contributed by atoms with Gasteiger partial charge in [-0.15, -0.1) is 0 Å². The SMILES string of the molecule is CCc1cccc(-n2c(C)cnc2SCC(=O)O)c1. The molecule has 0 radical (unpaired) electrons. The van der Waals surface area contributed by atoms with Crippen molar-refractivity contribution >= 4 is 17.7 Å². The predicted octanol–water partition coefficient (Wildman–Crippen LogP) is 2.92. The monoisotopic (exact) mass is 276 g/mol. The van der Waals surface area contributed by atoms with Crippen LogP contribution in [-0.2, 0) is 11.2 Å². The number of carboxylic acids is 1. The van der Waals surface area contributed by atoms with Crippen molar-refractivity contribution in [1.82, 2.24) is 9.55 Å². The molecule has 0 fully saturated rings. The molecule has 0 spiro atoms. The van der Waals surface area contributed by atoms with Gasteiger partial charge in [0, 0.05) is 17.6 Å². The van der Waals surface area contributed by atoms with E-state index in [1.807, 2.05) is 23.6 Å². The van der Waals surface area contributed by atoms with E-state index < -0.39 is 5.97 Å². The summed E-state index contributed by atoms with van der Waals surface area (Å²) in [6.07, 6.45) is 2.74. The van der Waals surface area contributed by atoms with E-state index in [2.05, 4.69) is 24.0 Å². The van der Waals surface area contributed by atoms with E-state index in [9.17, 15) is 4.79 Å². The fourth-order valence-electron chi connectivity index (χ4n) is 1.87. The number of thioether (sulfide) groups is 1. The number of aliphatic carboxylic acids is 1. The van der Waals surface area contributed by atoms with Crippen molar-refractivity contribution in [2.45, 2.75) is 25.4 Å². The van der Waals surface area contributed by atoms with Crippen LogP contribution in [0.3, 0.4) is 0 Å². The maximum Gasteiger partial charge on any atom is 0.313 e. The average Bonchev–Trinajstić information content (AvgIpc) is 2.77. The number of hydrogen-bond acceptors (Lipinski definition) is 3. The third-order valence-electron chi connectivity index (χ3n) is 2.81. The lowest BCUT2D eigenvalue weighted by Crippen LogP contribution is -2.03. The summed E-state index contributed by atoms with van der Waals surface area (Å²) in [5, 5.41) is 9.48. The van der Waals surface area contributed by atoms with Crippen molar-refractivity contribution < 1.29 is 9.90 Å². The predicted molar refractivity (Wildman–Crippen MR) is 76.0 cm³/mol. The number of aromatic nitrogens is 2. The highest BCUT2D eigenvalue weighted by Crippen LogP contribution is 2.23. The van der Waals surface area contributed by atoms with Gasteiger partial charge in [-0.3, -0.25) is 9.36 Å². The number of hydrogen-bond donors (Lipinski definition) is 1. The summed E-state index contributed by atoms with van der Waals surface area (Å²) >= 11 is 1.24. The van der Waals surface area contributed by atoms with Crippen molar-refractivity contribution in [3.05, 3.63) is 41.7 Å². The Kier molecular flexibility index (Phi) is 4.27. The summed E-state index contributed by atoms with van der Waals surface area (Å²) in [4.78, 5) is 15.0. The number of carboxylic acid groups (broad SMARTS) is 1. The van der Waals surface area contributed by atoms with E-state index >= 15 is 0 Å². The van der Waals surface area contributed by atoms with Crippen LogP contribution < -0.4 is 0 Å². The number of benzene rings is 1. The first-order valence-electron chi connectivity index (χ1n) is 6.10. The fourth-order valence-corrected chi connectivity index (χ4v) is 2.63. The van der Waals surface area contributed by atoms with Crippen LogP contribution in [0.4, 0.5) is 0 Å². The van der Waals surface area contributed by atoms with E-state index in [1.165, 1.54) is 17.3 Å². The maximum absolute atomic E-state index is 10.7. The Balaban J connectivity index is 2.37. The Bertz CT molecular complexity index is 593. The molecule has 0 saturated carbocycles. The second-order valence-corrected chi connectivity index (χ2v) is 5.17. The first-order chi connectivity index (χ1) is 9.11. The molecule has 0 bridgehead atoms. The molecule has 1 N–H and O–H groups in total. The summed E-state index contributed by atoms with van der Waals surface area (Å²) in [5.41, 5.74) is 3.28. The van der Waals surface area contributed by atoms with Crippen LogP contribution in [0.1, 0.15) is 18.2 Å². The van der Waals surface area contributed by atoms with Crippen LogP contribution in [0.5, 0.6) is 0 Å². The van der Waals surface area contributed by atoms with Crippen molar-refractivity contribution in [3.8, 4) is 5.69 Å². The molecule has 100 valence electrons. The standard InChI is InChI=1S/C14H16N2O2S/c1-3-11-5-4-6-12(7-11)16-10(2)8-15-14(16)19-9-13(17)18/h4-8H,3,9H2,1-2H3,(H,17,18). The van der Waals surface area contributed by atoms with Gasteiger partial charge in [0.15, 0.2) is 5.16 Å². The van der Waals surface area contributed by atoms with E-state index in [-0.39, 0.29) is 5.75 Å². The molecule has 2 rings (SSSR count). The molecule has 1 aromatic carbocycles. The van der Waals surface area contributed by atoms with Gasteiger partial charge in [0.05, 0.1) is 5.75 Å². The number of carbonyl (C=O) groups is 1. The van der Waals surface area contributed by atoms with Crippen molar-refractivity contribution in [2.24, 2.45) is 0 Å². The van der Waals surface area contributed by atoms with Gasteiger partial charge in [-0.2, -0.15) is 0 Å². The first-order valence-corrected chi connectivity index (χ1v) is 7.08. The Morgan fingerprint density at radius 3 is 2.95 bits per heavy atom. The normalized spacial score (nSPS) is 10.6. The third-order valence-corrected chi connectivity index (χ3v) is 3.75. The smallest absolute Gasteiger partial charge is 0.313 e. The van der Waals surface area contributed by atoms with E-state index in [1.54, 1.807) is 6.20 Å². The van der Waals surface area contributed by atoms with Crippen LogP contribution in [0.15, 0.2) is 35.6 Å². The van der Waals surface area contributed by atoms with Crippen molar-refractivity contribution in [1.29, 1.82) is 0 Å². The van der Waals surface area contributed by atoms with Crippen LogP contribution in [0, 0.1) is 6.92 Å². The van der Waals surface area contributed by atoms with Gasteiger partial charge in [0.2, 0.25) is 0 Å². The molecule has 0 aliphatic rings. The number of nitrogens with zero attached hydrogens (tertiary/aromatic N) is 2. The summed E-state index contributed by atoms with van der Waals surface area (Å²) in [7, 11) is 0. The topological polar surface area (TPSA) is 55.1 Å². The second-order valence-electron chi connectivity index (χ2n) is 4.22. The van der Waals surface area contributed by atoms with Crippen LogP contribution in [0.2, 0.25) is 0 Å². The minimum Gasteiger partial charge on any atom is -0.481 e. The average molecular weight is 276 g/mol. The lowest BCUT2D eigenvalue weighted by Gasteiger charge is -2.10. The third kappa shape index (κ3) is 3.17. The molecule has 19 heavy (non-hydrogen) atoms. The largest absolute Gasteiger partial charge is 0.481 e. The highest BCUT2D eigenvalue weighted by molar-refractivity contribution is 7.99. The van der Waals surface area contributed by atoms with Gasteiger partial charge in [-0.25, -0.2) is 4.98 Å². The molecule has 1 heterocycles. The Morgan fingerprint density at radius 2 is 2.26 bits per heavy atom. The van der Waals surface area contributed by atoms with E-state index in [4.69, 9.17) is 5.11 Å². The molecule has 1 aromatic heterocycles. The van der Waals surface area contributed by atoms with Crippen molar-refractivity contribution in [2.75, 3.05) is 5.75 Å². The summed E-state index contributed by atoms with van der Waals surface area (Å²) < 4.78 is 1.99. The quantitative estimate of drug-likeness (QED) is 0.853. The zero-order valence-corrected chi connectivity index (χ0v) is 11.8. The molecule has 0 amide bonds. The molecule has 0 aliphatic carbocycles. The van der Waals surface area contributed by atoms with Gasteiger partial charge in [0.1, 0.15) is 0 Å². The van der Waals surface area contributed by atoms with Gasteiger partial charge >= 0.3 is 5.97 Å². The van der Waals surface area contributed by atoms with Gasteiger partial charge in [0.25, 0.3) is 0 Å². The fraction of sp³-hybridized carbons (Fsp3) is 0.286. The molecule has 2 aromatic rings. The highest BCUT2D eigenvalue weighted by atomic mass is 32.2. The van der Waals surface area contributed by atoms with Gasteiger partial charge < -0.3 is 5.11 Å². The molecule has 0 unspecified atom stereocenters. The lowest BCUT2D eigenvalue weighted by molar-refractivity contribution is -0.133. The first kappa shape index (κ1) is 13.7. The van der Waals surface area contributed by atoms with Gasteiger partial charge in [-0.1, -0.05) is 30.8 Å². The summed E-state index contributed by atoms with van der Waals surface area (Å²) in [6, 6.07) is 8.22. The molecule has 5 heteroatoms. The Morgan fingerprint density at radius 1 is 1.47 bits per heavy atom. The zero-order valence-electron chi connectivity index (χ0n) is 11.0. The van der Waals surface area contributed by atoms with E-state index in [0.717, 1.165) is 17.8 Å². The van der Waals surface area contributed by atoms with Crippen molar-refractivity contribution in [3.63, 3.8) is 0 Å². The molecule has 0 atom stereocenters. The number of rotatable bonds is 5. The summed E-state index contributed by atoms with van der Waals surface area (Å²) in [5.74, 6) is -0.816. The van der Waals surface area contributed by atoms with Crippen LogP contribution >= 0.6 is 11.8 Å². The minimum absolute atomic E-state index is 0.0178. The molecule has 0 aliphatic heterocycles. The Labute approximate surface area is 116 Å². The molecular weight excluding hydrogens is 260 g/mol. The number of imidazole rings is 1. The minimum atomic E-state index is -0.834. The van der Waals surface area contributed by atoms with Gasteiger partial charge in [-0.05, 0) is 31.0 Å². The van der Waals surface area contributed by atoms with E-state index in [0.29, 0.717) is 5.16 Å². The number of aryl methyl sites for hydroxylation is 2. The molecule has 4 nitrogen and oxygen atoms in total. The lowest BCUT2D eigenvalue weighted by atomic mass is 10.1. The highest BCUT2D eigenvalue weighted by Gasteiger charge is 2.11. The maximum atomic E-state index is 10.7. The zero-order chi connectivity index (χ0) is 13.8. The van der Waals surface area contributed by atoms with Crippen LogP contribution in [0.25, 0.3) is 5.69 Å². The van der Waals surface area contributed by atoms with Crippen LogP contribution in [-0.4, -0.2) is 26.4 Å². The molecule has 0 saturated heterocycles.